The van der Waals surface area contributed by atoms with Crippen LogP contribution in [0.2, 0.25) is 0 Å². The van der Waals surface area contributed by atoms with Crippen molar-refractivity contribution < 1.29 is 4.74 Å². The summed E-state index contributed by atoms with van der Waals surface area (Å²) in [5.74, 6) is 0. The monoisotopic (exact) mass is 198 g/mol. The van der Waals surface area contributed by atoms with Crippen LogP contribution < -0.4 is 5.32 Å². The Bertz CT molecular complexity index is 169. The molecule has 2 heterocycles. The summed E-state index contributed by atoms with van der Waals surface area (Å²) in [6.07, 6.45) is 5.17. The molecule has 2 unspecified atom stereocenters. The summed E-state index contributed by atoms with van der Waals surface area (Å²) in [4.78, 5) is 2.44. The van der Waals surface area contributed by atoms with Gasteiger partial charge >= 0.3 is 0 Å². The molecule has 82 valence electrons. The second-order valence-electron chi connectivity index (χ2n) is 4.66. The summed E-state index contributed by atoms with van der Waals surface area (Å²) in [6, 6.07) is 1.36. The molecule has 2 fully saturated rings. The van der Waals surface area contributed by atoms with E-state index in [9.17, 15) is 0 Å². The third-order valence-corrected chi connectivity index (χ3v) is 3.35. The van der Waals surface area contributed by atoms with E-state index in [1.165, 1.54) is 38.8 Å². The minimum atomic E-state index is 0.628. The predicted octanol–water partition coefficient (Wildman–Crippen LogP) is 0.849. The Morgan fingerprint density at radius 3 is 2.86 bits per heavy atom. The Labute approximate surface area is 86.8 Å². The van der Waals surface area contributed by atoms with Crippen LogP contribution in [0.5, 0.6) is 0 Å². The SMILES string of the molecule is CN1CCCC(NC2CCOC2)CC1. The molecule has 0 bridgehead atoms. The average Bonchev–Trinajstić information content (AvgIpc) is 2.58. The van der Waals surface area contributed by atoms with Gasteiger partial charge in [0.05, 0.1) is 6.61 Å². The van der Waals surface area contributed by atoms with Gasteiger partial charge in [0.1, 0.15) is 0 Å². The summed E-state index contributed by atoms with van der Waals surface area (Å²) in [6.45, 7) is 4.38. The topological polar surface area (TPSA) is 24.5 Å². The van der Waals surface area contributed by atoms with Crippen molar-refractivity contribution in [1.29, 1.82) is 0 Å². The van der Waals surface area contributed by atoms with Gasteiger partial charge in [-0.25, -0.2) is 0 Å². The molecule has 2 aliphatic heterocycles. The second-order valence-corrected chi connectivity index (χ2v) is 4.66. The largest absolute Gasteiger partial charge is 0.380 e. The quantitative estimate of drug-likeness (QED) is 0.712. The van der Waals surface area contributed by atoms with E-state index in [1.807, 2.05) is 0 Å². The molecule has 0 radical (unpaired) electrons. The Morgan fingerprint density at radius 2 is 2.07 bits per heavy atom. The van der Waals surface area contributed by atoms with Crippen LogP contribution in [-0.4, -0.2) is 50.3 Å². The van der Waals surface area contributed by atoms with Crippen molar-refractivity contribution in [2.24, 2.45) is 0 Å². The van der Waals surface area contributed by atoms with Crippen molar-refractivity contribution in [3.63, 3.8) is 0 Å². The number of rotatable bonds is 2. The smallest absolute Gasteiger partial charge is 0.0620 e. The third kappa shape index (κ3) is 2.94. The van der Waals surface area contributed by atoms with Crippen LogP contribution in [0.1, 0.15) is 25.7 Å². The van der Waals surface area contributed by atoms with Gasteiger partial charge in [-0.2, -0.15) is 0 Å². The highest BCUT2D eigenvalue weighted by atomic mass is 16.5. The summed E-state index contributed by atoms with van der Waals surface area (Å²) < 4.78 is 5.38. The van der Waals surface area contributed by atoms with Gasteiger partial charge in [-0.15, -0.1) is 0 Å². The van der Waals surface area contributed by atoms with Crippen molar-refractivity contribution in [3.8, 4) is 0 Å². The first-order chi connectivity index (χ1) is 6.84. The summed E-state index contributed by atoms with van der Waals surface area (Å²) in [7, 11) is 2.22. The van der Waals surface area contributed by atoms with Gasteiger partial charge in [-0.05, 0) is 45.8 Å². The summed E-state index contributed by atoms with van der Waals surface area (Å²) >= 11 is 0. The molecule has 3 nitrogen and oxygen atoms in total. The van der Waals surface area contributed by atoms with Crippen LogP contribution in [0, 0.1) is 0 Å². The fourth-order valence-corrected chi connectivity index (χ4v) is 2.41. The molecule has 0 aromatic rings. The molecule has 2 atom stereocenters. The Morgan fingerprint density at radius 1 is 1.14 bits per heavy atom. The van der Waals surface area contributed by atoms with E-state index < -0.39 is 0 Å². The molecule has 2 saturated heterocycles. The molecule has 3 heteroatoms. The fourth-order valence-electron chi connectivity index (χ4n) is 2.41. The van der Waals surface area contributed by atoms with Gasteiger partial charge in [0.2, 0.25) is 0 Å². The van der Waals surface area contributed by atoms with Gasteiger partial charge in [-0.3, -0.25) is 0 Å². The maximum Gasteiger partial charge on any atom is 0.0620 e. The maximum absolute atomic E-state index is 5.38. The molecule has 0 aromatic heterocycles. The van der Waals surface area contributed by atoms with E-state index in [1.54, 1.807) is 0 Å². The molecule has 0 spiro atoms. The van der Waals surface area contributed by atoms with E-state index in [4.69, 9.17) is 4.74 Å². The van der Waals surface area contributed by atoms with E-state index in [0.717, 1.165) is 19.3 Å². The van der Waals surface area contributed by atoms with Crippen LogP contribution in [0.25, 0.3) is 0 Å². The van der Waals surface area contributed by atoms with Crippen LogP contribution in [-0.2, 0) is 4.74 Å². The van der Waals surface area contributed by atoms with Crippen LogP contribution in [0.4, 0.5) is 0 Å². The molecule has 14 heavy (non-hydrogen) atoms. The number of ether oxygens (including phenoxy) is 1. The zero-order valence-corrected chi connectivity index (χ0v) is 9.17. The Hall–Kier alpha value is -0.120. The molecule has 1 N–H and O–H groups in total. The van der Waals surface area contributed by atoms with E-state index in [0.29, 0.717) is 6.04 Å². The number of nitrogens with one attached hydrogen (secondary N) is 1. The van der Waals surface area contributed by atoms with Crippen LogP contribution >= 0.6 is 0 Å². The molecular formula is C11H22N2O. The lowest BCUT2D eigenvalue weighted by Crippen LogP contribution is -2.39. The van der Waals surface area contributed by atoms with Gasteiger partial charge in [-0.1, -0.05) is 0 Å². The van der Waals surface area contributed by atoms with Crippen molar-refractivity contribution >= 4 is 0 Å². The predicted molar refractivity (Wildman–Crippen MR) is 57.5 cm³/mol. The highest BCUT2D eigenvalue weighted by Crippen LogP contribution is 2.12. The van der Waals surface area contributed by atoms with Crippen molar-refractivity contribution in [1.82, 2.24) is 10.2 Å². The Kier molecular flexibility index (Phi) is 3.79. The first kappa shape index (κ1) is 10.4. The van der Waals surface area contributed by atoms with Crippen LogP contribution in [0.3, 0.4) is 0 Å². The molecule has 0 aromatic carbocycles. The zero-order valence-electron chi connectivity index (χ0n) is 9.17. The molecule has 0 aliphatic carbocycles. The molecule has 2 aliphatic rings. The number of hydrogen-bond donors (Lipinski definition) is 1. The van der Waals surface area contributed by atoms with Crippen molar-refractivity contribution in [3.05, 3.63) is 0 Å². The van der Waals surface area contributed by atoms with E-state index in [-0.39, 0.29) is 0 Å². The highest BCUT2D eigenvalue weighted by molar-refractivity contribution is 4.79. The van der Waals surface area contributed by atoms with Crippen molar-refractivity contribution in [2.45, 2.75) is 37.8 Å². The molecule has 0 amide bonds. The average molecular weight is 198 g/mol. The number of nitrogens with zero attached hydrogens (tertiary/aromatic N) is 1. The minimum absolute atomic E-state index is 0.628. The first-order valence-corrected chi connectivity index (χ1v) is 5.87. The van der Waals surface area contributed by atoms with Gasteiger partial charge in [0.15, 0.2) is 0 Å². The number of likely N-dealkylation sites (tertiary alicyclic amines) is 1. The molecule has 0 saturated carbocycles. The van der Waals surface area contributed by atoms with Crippen molar-refractivity contribution in [2.75, 3.05) is 33.4 Å². The van der Waals surface area contributed by atoms with E-state index in [2.05, 4.69) is 17.3 Å². The zero-order chi connectivity index (χ0) is 9.80. The molecule has 2 rings (SSSR count). The molecular weight excluding hydrogens is 176 g/mol. The lowest BCUT2D eigenvalue weighted by molar-refractivity contribution is 0.187. The minimum Gasteiger partial charge on any atom is -0.380 e. The lowest BCUT2D eigenvalue weighted by atomic mass is 10.1. The van der Waals surface area contributed by atoms with Crippen LogP contribution in [0.15, 0.2) is 0 Å². The summed E-state index contributed by atoms with van der Waals surface area (Å²) in [5.41, 5.74) is 0. The summed E-state index contributed by atoms with van der Waals surface area (Å²) in [5, 5.41) is 3.73. The maximum atomic E-state index is 5.38. The lowest BCUT2D eigenvalue weighted by Gasteiger charge is -2.20. The number of hydrogen-bond acceptors (Lipinski definition) is 3. The normalized spacial score (nSPS) is 35.8. The first-order valence-electron chi connectivity index (χ1n) is 5.87. The van der Waals surface area contributed by atoms with Gasteiger partial charge in [0.25, 0.3) is 0 Å². The third-order valence-electron chi connectivity index (χ3n) is 3.35. The van der Waals surface area contributed by atoms with Gasteiger partial charge in [0, 0.05) is 18.7 Å². The fraction of sp³-hybridized carbons (Fsp3) is 1.00. The second kappa shape index (κ2) is 5.10. The Balaban J connectivity index is 1.73. The van der Waals surface area contributed by atoms with E-state index >= 15 is 0 Å². The standard InChI is InChI=1S/C11H22N2O/c1-13-6-2-3-10(4-7-13)12-11-5-8-14-9-11/h10-12H,2-9H2,1H3. The van der Waals surface area contributed by atoms with Gasteiger partial charge < -0.3 is 15.0 Å². The highest BCUT2D eigenvalue weighted by Gasteiger charge is 2.21.